The van der Waals surface area contributed by atoms with Gasteiger partial charge in [-0.25, -0.2) is 9.78 Å². The Balaban J connectivity index is 1.95. The minimum atomic E-state index is -1.91. The summed E-state index contributed by atoms with van der Waals surface area (Å²) in [6.45, 7) is 11.6. The molecule has 0 amide bonds. The first-order valence-electron chi connectivity index (χ1n) is 10.4. The number of aryl methyl sites for hydroxylation is 2. The molecule has 0 saturated carbocycles. The SMILES string of the molecule is Cn1c(=O)[nH]c(=O)c2c1nc(CCC(Br)O[Si](C)(C)C(C)(C)C)n2Cc1ccccc1. The Morgan fingerprint density at radius 3 is 2.45 bits per heavy atom. The number of benzene rings is 1. The summed E-state index contributed by atoms with van der Waals surface area (Å²) in [7, 11) is -0.289. The number of nitrogens with zero attached hydrogens (tertiary/aromatic N) is 3. The van der Waals surface area contributed by atoms with Gasteiger partial charge in [-0.05, 0) is 30.1 Å². The van der Waals surface area contributed by atoms with Crippen molar-refractivity contribution in [2.45, 2.75) is 63.3 Å². The van der Waals surface area contributed by atoms with Crippen LogP contribution in [-0.4, -0.2) is 32.4 Å². The van der Waals surface area contributed by atoms with Crippen molar-refractivity contribution in [2.24, 2.45) is 7.05 Å². The third kappa shape index (κ3) is 5.10. The van der Waals surface area contributed by atoms with E-state index in [1.54, 1.807) is 7.05 Å². The number of hydrogen-bond acceptors (Lipinski definition) is 4. The number of imidazole rings is 1. The molecule has 0 radical (unpaired) electrons. The maximum Gasteiger partial charge on any atom is 0.329 e. The molecule has 2 heterocycles. The van der Waals surface area contributed by atoms with Gasteiger partial charge in [0, 0.05) is 20.0 Å². The molecule has 0 saturated heterocycles. The van der Waals surface area contributed by atoms with E-state index < -0.39 is 19.6 Å². The lowest BCUT2D eigenvalue weighted by Crippen LogP contribution is -2.42. The molecule has 0 aliphatic heterocycles. The van der Waals surface area contributed by atoms with E-state index in [1.165, 1.54) is 4.57 Å². The minimum absolute atomic E-state index is 0.111. The van der Waals surface area contributed by atoms with Gasteiger partial charge in [0.1, 0.15) is 10.8 Å². The fourth-order valence-electron chi connectivity index (χ4n) is 3.20. The van der Waals surface area contributed by atoms with Crippen LogP contribution in [0.2, 0.25) is 18.1 Å². The molecule has 3 aromatic rings. The highest BCUT2D eigenvalue weighted by Gasteiger charge is 2.38. The molecule has 0 fully saturated rings. The smallest absolute Gasteiger partial charge is 0.329 e. The summed E-state index contributed by atoms with van der Waals surface area (Å²) < 4.78 is 9.72. The molecule has 1 atom stereocenters. The van der Waals surface area contributed by atoms with Gasteiger partial charge >= 0.3 is 5.69 Å². The average molecular weight is 508 g/mol. The largest absolute Gasteiger partial charge is 0.404 e. The van der Waals surface area contributed by atoms with E-state index in [-0.39, 0.29) is 10.1 Å². The number of aromatic amines is 1. The maximum absolute atomic E-state index is 12.7. The third-order valence-electron chi connectivity index (χ3n) is 6.09. The number of nitrogens with one attached hydrogen (secondary N) is 1. The molecule has 168 valence electrons. The van der Waals surface area contributed by atoms with Crippen LogP contribution >= 0.6 is 15.9 Å². The lowest BCUT2D eigenvalue weighted by molar-refractivity contribution is 0.256. The van der Waals surface area contributed by atoms with Crippen molar-refractivity contribution < 1.29 is 4.43 Å². The normalized spacial score (nSPS) is 13.6. The summed E-state index contributed by atoms with van der Waals surface area (Å²) >= 11 is 3.69. The predicted octanol–water partition coefficient (Wildman–Crippen LogP) is 4.15. The second-order valence-corrected chi connectivity index (χ2v) is 15.2. The van der Waals surface area contributed by atoms with Gasteiger partial charge in [-0.2, -0.15) is 0 Å². The quantitative estimate of drug-likeness (QED) is 0.385. The van der Waals surface area contributed by atoms with Crippen LogP contribution in [0.3, 0.4) is 0 Å². The molecular formula is C22H31BrN4O3Si. The van der Waals surface area contributed by atoms with E-state index in [0.29, 0.717) is 30.6 Å². The van der Waals surface area contributed by atoms with E-state index >= 15 is 0 Å². The fourth-order valence-corrected chi connectivity index (χ4v) is 5.95. The summed E-state index contributed by atoms with van der Waals surface area (Å²) in [4.78, 5) is 31.8. The number of rotatable bonds is 7. The molecule has 7 nitrogen and oxygen atoms in total. The molecule has 31 heavy (non-hydrogen) atoms. The number of hydrogen-bond donors (Lipinski definition) is 1. The van der Waals surface area contributed by atoms with Crippen LogP contribution in [0.5, 0.6) is 0 Å². The lowest BCUT2D eigenvalue weighted by atomic mass is 10.2. The van der Waals surface area contributed by atoms with Crippen molar-refractivity contribution in [1.82, 2.24) is 19.1 Å². The van der Waals surface area contributed by atoms with Crippen LogP contribution < -0.4 is 11.2 Å². The van der Waals surface area contributed by atoms with Crippen molar-refractivity contribution in [3.8, 4) is 0 Å². The van der Waals surface area contributed by atoms with Gasteiger partial charge < -0.3 is 8.99 Å². The monoisotopic (exact) mass is 506 g/mol. The van der Waals surface area contributed by atoms with Gasteiger partial charge in [0.2, 0.25) is 0 Å². The highest BCUT2D eigenvalue weighted by molar-refractivity contribution is 9.09. The summed E-state index contributed by atoms with van der Waals surface area (Å²) in [6.07, 6.45) is 1.32. The number of alkyl halides is 1. The minimum Gasteiger partial charge on any atom is -0.404 e. The second-order valence-electron chi connectivity index (χ2n) is 9.42. The molecule has 9 heteroatoms. The van der Waals surface area contributed by atoms with Crippen LogP contribution in [0.1, 0.15) is 38.6 Å². The van der Waals surface area contributed by atoms with Crippen LogP contribution in [0, 0.1) is 0 Å². The van der Waals surface area contributed by atoms with Crippen LogP contribution in [-0.2, 0) is 24.4 Å². The molecule has 0 spiro atoms. The molecule has 0 aliphatic rings. The number of H-pyrrole nitrogens is 1. The van der Waals surface area contributed by atoms with E-state index in [4.69, 9.17) is 4.43 Å². The predicted molar refractivity (Wildman–Crippen MR) is 130 cm³/mol. The molecule has 1 unspecified atom stereocenters. The Morgan fingerprint density at radius 1 is 1.19 bits per heavy atom. The number of aromatic nitrogens is 4. The van der Waals surface area contributed by atoms with Gasteiger partial charge in [-0.15, -0.1) is 0 Å². The zero-order valence-corrected chi connectivity index (χ0v) is 21.6. The molecule has 1 aromatic carbocycles. The maximum atomic E-state index is 12.7. The first-order valence-corrected chi connectivity index (χ1v) is 14.3. The molecule has 1 N–H and O–H groups in total. The molecule has 2 aromatic heterocycles. The summed E-state index contributed by atoms with van der Waals surface area (Å²) in [5.41, 5.74) is 0.992. The number of fused-ring (bicyclic) bond motifs is 1. The first-order chi connectivity index (χ1) is 14.4. The zero-order valence-electron chi connectivity index (χ0n) is 19.0. The highest BCUT2D eigenvalue weighted by atomic mass is 79.9. The zero-order chi connectivity index (χ0) is 23.0. The van der Waals surface area contributed by atoms with Gasteiger partial charge in [0.25, 0.3) is 5.56 Å². The topological polar surface area (TPSA) is 81.9 Å². The first kappa shape index (κ1) is 23.7. The molecular weight excluding hydrogens is 476 g/mol. The van der Waals surface area contributed by atoms with Crippen molar-refractivity contribution in [3.63, 3.8) is 0 Å². The lowest BCUT2D eigenvalue weighted by Gasteiger charge is -2.37. The van der Waals surface area contributed by atoms with Gasteiger partial charge in [0.15, 0.2) is 19.5 Å². The van der Waals surface area contributed by atoms with Gasteiger partial charge in [-0.1, -0.05) is 67.0 Å². The Bertz CT molecular complexity index is 1180. The van der Waals surface area contributed by atoms with E-state index in [2.05, 4.69) is 59.8 Å². The van der Waals surface area contributed by atoms with Crippen LogP contribution in [0.15, 0.2) is 39.9 Å². The summed E-state index contributed by atoms with van der Waals surface area (Å²) in [6, 6.07) is 9.92. The van der Waals surface area contributed by atoms with E-state index in [0.717, 1.165) is 11.4 Å². The average Bonchev–Trinajstić information content (AvgIpc) is 3.03. The molecule has 0 bridgehead atoms. The van der Waals surface area contributed by atoms with Crippen molar-refractivity contribution in [3.05, 3.63) is 62.6 Å². The summed E-state index contributed by atoms with van der Waals surface area (Å²) in [5.74, 6) is 0.758. The summed E-state index contributed by atoms with van der Waals surface area (Å²) in [5, 5.41) is 0.00546. The Labute approximate surface area is 191 Å². The van der Waals surface area contributed by atoms with Crippen LogP contribution in [0.4, 0.5) is 0 Å². The fraction of sp³-hybridized carbons (Fsp3) is 0.500. The van der Waals surface area contributed by atoms with Crippen LogP contribution in [0.25, 0.3) is 11.2 Å². The van der Waals surface area contributed by atoms with E-state index in [1.807, 2.05) is 34.9 Å². The van der Waals surface area contributed by atoms with Gasteiger partial charge in [0.05, 0.1) is 0 Å². The Hall–Kier alpha value is -1.97. The molecule has 3 rings (SSSR count). The van der Waals surface area contributed by atoms with E-state index in [9.17, 15) is 9.59 Å². The Kier molecular flexibility index (Phi) is 6.78. The highest BCUT2D eigenvalue weighted by Crippen LogP contribution is 2.38. The number of halogens is 1. The third-order valence-corrected chi connectivity index (χ3v) is 11.6. The Morgan fingerprint density at radius 2 is 1.84 bits per heavy atom. The van der Waals surface area contributed by atoms with Crippen molar-refractivity contribution in [1.29, 1.82) is 0 Å². The standard InChI is InChI=1S/C22H31BrN4O3Si/c1-22(2,3)31(5,6)30-16(23)12-13-17-24-19-18(20(28)25-21(29)26(19)4)27(17)14-15-10-8-7-9-11-15/h7-11,16H,12-14H2,1-6H3,(H,25,28,29). The van der Waals surface area contributed by atoms with Crippen molar-refractivity contribution in [2.75, 3.05) is 0 Å². The molecule has 0 aliphatic carbocycles. The second kappa shape index (κ2) is 8.88. The van der Waals surface area contributed by atoms with Crippen molar-refractivity contribution >= 4 is 35.4 Å². The van der Waals surface area contributed by atoms with Gasteiger partial charge in [-0.3, -0.25) is 14.3 Å².